The number of anilines is 1. The lowest BCUT2D eigenvalue weighted by Crippen LogP contribution is -2.39. The van der Waals surface area contributed by atoms with Gasteiger partial charge in [0.05, 0.1) is 7.11 Å². The Labute approximate surface area is 142 Å². The van der Waals surface area contributed by atoms with Gasteiger partial charge in [-0.3, -0.25) is 4.79 Å². The second-order valence-corrected chi connectivity index (χ2v) is 5.95. The van der Waals surface area contributed by atoms with E-state index in [2.05, 4.69) is 29.2 Å². The van der Waals surface area contributed by atoms with E-state index in [4.69, 9.17) is 4.74 Å². The quantitative estimate of drug-likeness (QED) is 0.791. The zero-order chi connectivity index (χ0) is 16.9. The van der Waals surface area contributed by atoms with Crippen molar-refractivity contribution in [2.45, 2.75) is 31.8 Å². The first-order chi connectivity index (χ1) is 11.7. The van der Waals surface area contributed by atoms with Crippen LogP contribution in [0.4, 0.5) is 5.69 Å². The van der Waals surface area contributed by atoms with Crippen LogP contribution < -0.4 is 20.9 Å². The molecule has 126 valence electrons. The fraction of sp³-hybridized carbons (Fsp3) is 0.316. The molecule has 5 nitrogen and oxygen atoms in total. The van der Waals surface area contributed by atoms with Crippen LogP contribution in [0.2, 0.25) is 0 Å². The highest BCUT2D eigenvalue weighted by molar-refractivity contribution is 5.95. The van der Waals surface area contributed by atoms with Gasteiger partial charge in [-0.15, -0.1) is 0 Å². The molecule has 0 bridgehead atoms. The van der Waals surface area contributed by atoms with E-state index in [9.17, 15) is 4.79 Å². The number of benzene rings is 2. The normalized spacial score (nSPS) is 19.9. The number of rotatable bonds is 5. The Morgan fingerprint density at radius 1 is 1.21 bits per heavy atom. The topological polar surface area (TPSA) is 62.4 Å². The fourth-order valence-corrected chi connectivity index (χ4v) is 2.88. The maximum absolute atomic E-state index is 12.5. The van der Waals surface area contributed by atoms with Gasteiger partial charge in [0, 0.05) is 11.7 Å². The minimum Gasteiger partial charge on any atom is -0.497 e. The maximum atomic E-state index is 12.5. The van der Waals surface area contributed by atoms with Crippen LogP contribution in [-0.4, -0.2) is 19.1 Å². The molecular weight excluding hydrogens is 302 g/mol. The Morgan fingerprint density at radius 2 is 2.00 bits per heavy atom. The molecule has 0 aromatic heterocycles. The minimum atomic E-state index is -0.262. The van der Waals surface area contributed by atoms with Crippen molar-refractivity contribution in [3.05, 3.63) is 59.7 Å². The van der Waals surface area contributed by atoms with E-state index in [0.29, 0.717) is 6.42 Å². The summed E-state index contributed by atoms with van der Waals surface area (Å²) in [6.45, 7) is 2.10. The van der Waals surface area contributed by atoms with Gasteiger partial charge in [-0.25, -0.2) is 10.9 Å². The Morgan fingerprint density at radius 3 is 2.71 bits per heavy atom. The van der Waals surface area contributed by atoms with E-state index < -0.39 is 0 Å². The SMILES string of the molecule is CCc1cccc(NC(=O)C2CC(c3ccc(OC)cc3)NN2)c1. The Hall–Kier alpha value is -2.37. The zero-order valence-corrected chi connectivity index (χ0v) is 14.0. The summed E-state index contributed by atoms with van der Waals surface area (Å²) in [6, 6.07) is 15.7. The van der Waals surface area contributed by atoms with Crippen LogP contribution >= 0.6 is 0 Å². The van der Waals surface area contributed by atoms with Crippen molar-refractivity contribution in [3.63, 3.8) is 0 Å². The van der Waals surface area contributed by atoms with Crippen LogP contribution in [-0.2, 0) is 11.2 Å². The summed E-state index contributed by atoms with van der Waals surface area (Å²) in [5.41, 5.74) is 9.47. The third-order valence-electron chi connectivity index (χ3n) is 4.34. The van der Waals surface area contributed by atoms with Gasteiger partial charge in [0.25, 0.3) is 0 Å². The first-order valence-corrected chi connectivity index (χ1v) is 8.24. The predicted molar refractivity (Wildman–Crippen MR) is 94.9 cm³/mol. The molecule has 1 fully saturated rings. The first-order valence-electron chi connectivity index (χ1n) is 8.24. The smallest absolute Gasteiger partial charge is 0.242 e. The molecule has 24 heavy (non-hydrogen) atoms. The van der Waals surface area contributed by atoms with E-state index in [1.807, 2.05) is 42.5 Å². The first kappa shape index (κ1) is 16.5. The predicted octanol–water partition coefficient (Wildman–Crippen LogP) is 2.80. The van der Waals surface area contributed by atoms with E-state index in [-0.39, 0.29) is 18.0 Å². The van der Waals surface area contributed by atoms with Gasteiger partial charge in [-0.2, -0.15) is 0 Å². The number of hydrogen-bond donors (Lipinski definition) is 3. The van der Waals surface area contributed by atoms with Crippen molar-refractivity contribution >= 4 is 11.6 Å². The van der Waals surface area contributed by atoms with Crippen LogP contribution in [0.1, 0.15) is 30.5 Å². The van der Waals surface area contributed by atoms with Crippen LogP contribution in [0.5, 0.6) is 5.75 Å². The fourth-order valence-electron chi connectivity index (χ4n) is 2.88. The molecule has 0 radical (unpaired) electrons. The van der Waals surface area contributed by atoms with Crippen molar-refractivity contribution in [1.82, 2.24) is 10.9 Å². The third kappa shape index (κ3) is 3.75. The number of ether oxygens (including phenoxy) is 1. The third-order valence-corrected chi connectivity index (χ3v) is 4.34. The van der Waals surface area contributed by atoms with Crippen molar-refractivity contribution < 1.29 is 9.53 Å². The lowest BCUT2D eigenvalue weighted by atomic mass is 10.0. The molecule has 1 saturated heterocycles. The lowest BCUT2D eigenvalue weighted by molar-refractivity contribution is -0.117. The van der Waals surface area contributed by atoms with E-state index >= 15 is 0 Å². The van der Waals surface area contributed by atoms with E-state index in [1.54, 1.807) is 7.11 Å². The molecular formula is C19H23N3O2. The monoisotopic (exact) mass is 325 g/mol. The zero-order valence-electron chi connectivity index (χ0n) is 14.0. The van der Waals surface area contributed by atoms with Gasteiger partial charge < -0.3 is 10.1 Å². The Bertz CT molecular complexity index is 700. The number of nitrogens with one attached hydrogen (secondary N) is 3. The van der Waals surface area contributed by atoms with Crippen LogP contribution in [0.15, 0.2) is 48.5 Å². The molecule has 0 saturated carbocycles. The molecule has 2 aromatic rings. The van der Waals surface area contributed by atoms with Crippen molar-refractivity contribution in [1.29, 1.82) is 0 Å². The molecule has 0 spiro atoms. The summed E-state index contributed by atoms with van der Waals surface area (Å²) in [4.78, 5) is 12.5. The number of methoxy groups -OCH3 is 1. The molecule has 1 aliphatic rings. The summed E-state index contributed by atoms with van der Waals surface area (Å²) in [5.74, 6) is 0.807. The second kappa shape index (κ2) is 7.47. The molecule has 1 heterocycles. The van der Waals surface area contributed by atoms with E-state index in [0.717, 1.165) is 23.4 Å². The molecule has 2 unspecified atom stereocenters. The second-order valence-electron chi connectivity index (χ2n) is 5.95. The van der Waals surface area contributed by atoms with Crippen LogP contribution in [0.3, 0.4) is 0 Å². The highest BCUT2D eigenvalue weighted by Gasteiger charge is 2.30. The molecule has 3 N–H and O–H groups in total. The van der Waals surface area contributed by atoms with Gasteiger partial charge in [0.15, 0.2) is 0 Å². The number of carbonyl (C=O) groups is 1. The summed E-state index contributed by atoms with van der Waals surface area (Å²) < 4.78 is 5.18. The van der Waals surface area contributed by atoms with Gasteiger partial charge in [-0.1, -0.05) is 31.2 Å². The molecule has 5 heteroatoms. The van der Waals surface area contributed by atoms with Gasteiger partial charge in [-0.05, 0) is 48.2 Å². The summed E-state index contributed by atoms with van der Waals surface area (Å²) >= 11 is 0. The van der Waals surface area contributed by atoms with Gasteiger partial charge >= 0.3 is 0 Å². The van der Waals surface area contributed by atoms with Crippen LogP contribution in [0.25, 0.3) is 0 Å². The van der Waals surface area contributed by atoms with Crippen molar-refractivity contribution in [2.75, 3.05) is 12.4 Å². The van der Waals surface area contributed by atoms with E-state index in [1.165, 1.54) is 5.56 Å². The number of hydrogen-bond acceptors (Lipinski definition) is 4. The number of aryl methyl sites for hydroxylation is 1. The number of amides is 1. The highest BCUT2D eigenvalue weighted by atomic mass is 16.5. The lowest BCUT2D eigenvalue weighted by Gasteiger charge is -2.12. The largest absolute Gasteiger partial charge is 0.497 e. The van der Waals surface area contributed by atoms with Gasteiger partial charge in [0.2, 0.25) is 5.91 Å². The van der Waals surface area contributed by atoms with Crippen molar-refractivity contribution in [3.8, 4) is 5.75 Å². The Balaban J connectivity index is 1.60. The molecule has 1 aliphatic heterocycles. The molecule has 2 aromatic carbocycles. The molecule has 1 amide bonds. The summed E-state index contributed by atoms with van der Waals surface area (Å²) in [7, 11) is 1.65. The van der Waals surface area contributed by atoms with Gasteiger partial charge in [0.1, 0.15) is 11.8 Å². The minimum absolute atomic E-state index is 0.0215. The summed E-state index contributed by atoms with van der Waals surface area (Å²) in [5, 5.41) is 2.99. The highest BCUT2D eigenvalue weighted by Crippen LogP contribution is 2.25. The van der Waals surface area contributed by atoms with Crippen LogP contribution in [0, 0.1) is 0 Å². The average Bonchev–Trinajstić information content (AvgIpc) is 3.12. The maximum Gasteiger partial charge on any atom is 0.242 e. The standard InChI is InChI=1S/C19H23N3O2/c1-3-13-5-4-6-15(11-13)20-19(23)18-12-17(21-22-18)14-7-9-16(24-2)10-8-14/h4-11,17-18,21-22H,3,12H2,1-2H3,(H,20,23). The summed E-state index contributed by atoms with van der Waals surface area (Å²) in [6.07, 6.45) is 1.65. The molecule has 3 rings (SSSR count). The average molecular weight is 325 g/mol. The molecule has 0 aliphatic carbocycles. The molecule has 2 atom stereocenters. The van der Waals surface area contributed by atoms with Crippen molar-refractivity contribution in [2.24, 2.45) is 0 Å². The number of hydrazine groups is 1. The Kier molecular flexibility index (Phi) is 5.13. The number of carbonyl (C=O) groups excluding carboxylic acids is 1.